The number of thioether (sulfide) groups is 1. The molecule has 0 spiro atoms. The molecule has 0 fully saturated rings. The lowest BCUT2D eigenvalue weighted by molar-refractivity contribution is -0.118. The number of carbonyl (C=O) groups excluding carboxylic acids is 1. The summed E-state index contributed by atoms with van der Waals surface area (Å²) in [5.74, 6) is -0.585. The average Bonchev–Trinajstić information content (AvgIpc) is 2.34. The van der Waals surface area contributed by atoms with Gasteiger partial charge in [-0.05, 0) is 31.0 Å². The van der Waals surface area contributed by atoms with Gasteiger partial charge in [0.15, 0.2) is 0 Å². The Bertz CT molecular complexity index is 527. The van der Waals surface area contributed by atoms with Crippen molar-refractivity contribution in [1.29, 1.82) is 0 Å². The molecule has 0 radical (unpaired) electrons. The summed E-state index contributed by atoms with van der Waals surface area (Å²) >= 11 is 1.49. The molecule has 1 aromatic rings. The zero-order chi connectivity index (χ0) is 14.2. The monoisotopic (exact) mass is 279 g/mol. The number of carboxylic acid groups (broad SMARTS) is 1. The van der Waals surface area contributed by atoms with E-state index in [1.807, 2.05) is 20.8 Å². The third kappa shape index (κ3) is 2.76. The molecule has 1 aromatic carbocycles. The van der Waals surface area contributed by atoms with E-state index in [0.717, 1.165) is 10.6 Å². The maximum absolute atomic E-state index is 12.3. The Hall–Kier alpha value is -1.49. The van der Waals surface area contributed by atoms with Gasteiger partial charge in [0.2, 0.25) is 5.91 Å². The largest absolute Gasteiger partial charge is 0.478 e. The van der Waals surface area contributed by atoms with Gasteiger partial charge in [-0.2, -0.15) is 0 Å². The van der Waals surface area contributed by atoms with Gasteiger partial charge in [0, 0.05) is 11.4 Å². The summed E-state index contributed by atoms with van der Waals surface area (Å²) in [5, 5.41) is 8.94. The molecule has 0 aliphatic carbocycles. The minimum absolute atomic E-state index is 0.0498. The molecule has 0 bridgehead atoms. The van der Waals surface area contributed by atoms with Crippen molar-refractivity contribution in [3.05, 3.63) is 23.8 Å². The first-order valence-corrected chi connectivity index (χ1v) is 7.13. The summed E-state index contributed by atoms with van der Waals surface area (Å²) in [4.78, 5) is 26.0. The Morgan fingerprint density at radius 3 is 2.74 bits per heavy atom. The van der Waals surface area contributed by atoms with E-state index in [2.05, 4.69) is 0 Å². The first-order valence-electron chi connectivity index (χ1n) is 6.25. The van der Waals surface area contributed by atoms with Gasteiger partial charge in [-0.1, -0.05) is 13.8 Å². The van der Waals surface area contributed by atoms with E-state index in [0.29, 0.717) is 12.5 Å². The second-order valence-electron chi connectivity index (χ2n) is 5.09. The van der Waals surface area contributed by atoms with E-state index in [9.17, 15) is 9.59 Å². The Kier molecular flexibility index (Phi) is 3.85. The van der Waals surface area contributed by atoms with Crippen molar-refractivity contribution in [2.75, 3.05) is 11.4 Å². The van der Waals surface area contributed by atoms with Crippen molar-refractivity contribution >= 4 is 29.3 Å². The van der Waals surface area contributed by atoms with Gasteiger partial charge >= 0.3 is 5.97 Å². The molecular weight excluding hydrogens is 262 g/mol. The van der Waals surface area contributed by atoms with Crippen LogP contribution in [0.15, 0.2) is 23.1 Å². The fourth-order valence-electron chi connectivity index (χ4n) is 2.09. The maximum Gasteiger partial charge on any atom is 0.335 e. The number of hydrogen-bond donors (Lipinski definition) is 1. The molecule has 0 aromatic heterocycles. The molecule has 19 heavy (non-hydrogen) atoms. The predicted octanol–water partition coefficient (Wildman–Crippen LogP) is 2.87. The predicted molar refractivity (Wildman–Crippen MR) is 75.9 cm³/mol. The van der Waals surface area contributed by atoms with Crippen molar-refractivity contribution < 1.29 is 14.7 Å². The Labute approximate surface area is 116 Å². The summed E-state index contributed by atoms with van der Waals surface area (Å²) < 4.78 is 0. The molecule has 1 atom stereocenters. The van der Waals surface area contributed by atoms with E-state index in [1.54, 1.807) is 23.1 Å². The Balaban J connectivity index is 2.47. The number of rotatable bonds is 3. The summed E-state index contributed by atoms with van der Waals surface area (Å²) in [5.41, 5.74) is 0.942. The molecule has 1 aliphatic heterocycles. The van der Waals surface area contributed by atoms with Crippen LogP contribution >= 0.6 is 11.8 Å². The standard InChI is InChI=1S/C14H17NO3S/c1-8(2)7-15-11-6-10(14(17)18)4-5-12(11)19-9(3)13(15)16/h4-6,8-9H,7H2,1-3H3,(H,17,18). The van der Waals surface area contributed by atoms with Gasteiger partial charge in [-0.3, -0.25) is 4.79 Å². The highest BCUT2D eigenvalue weighted by molar-refractivity contribution is 8.00. The third-order valence-corrected chi connectivity index (χ3v) is 4.12. The molecule has 1 unspecified atom stereocenters. The molecule has 5 heteroatoms. The molecule has 1 heterocycles. The van der Waals surface area contributed by atoms with Crippen LogP contribution in [0, 0.1) is 5.92 Å². The fraction of sp³-hybridized carbons (Fsp3) is 0.429. The van der Waals surface area contributed by atoms with Gasteiger partial charge < -0.3 is 10.0 Å². The van der Waals surface area contributed by atoms with Gasteiger partial charge in [-0.25, -0.2) is 4.79 Å². The number of amides is 1. The van der Waals surface area contributed by atoms with Crippen LogP contribution in [-0.4, -0.2) is 28.8 Å². The van der Waals surface area contributed by atoms with Crippen molar-refractivity contribution in [3.8, 4) is 0 Å². The summed E-state index contributed by atoms with van der Waals surface area (Å²) in [6.07, 6.45) is 0. The van der Waals surface area contributed by atoms with Gasteiger partial charge in [0.25, 0.3) is 0 Å². The topological polar surface area (TPSA) is 57.6 Å². The van der Waals surface area contributed by atoms with Crippen LogP contribution in [-0.2, 0) is 4.79 Å². The average molecular weight is 279 g/mol. The number of carboxylic acids is 1. The summed E-state index contributed by atoms with van der Waals surface area (Å²) in [7, 11) is 0. The highest BCUT2D eigenvalue weighted by Gasteiger charge is 2.31. The van der Waals surface area contributed by atoms with Crippen molar-refractivity contribution in [1.82, 2.24) is 0 Å². The van der Waals surface area contributed by atoms with Gasteiger partial charge in [0.1, 0.15) is 0 Å². The highest BCUT2D eigenvalue weighted by atomic mass is 32.2. The van der Waals surface area contributed by atoms with Crippen LogP contribution in [0.4, 0.5) is 5.69 Å². The molecule has 1 amide bonds. The summed E-state index contributed by atoms with van der Waals surface area (Å²) in [6, 6.07) is 4.97. The quantitative estimate of drug-likeness (QED) is 0.924. The molecule has 4 nitrogen and oxygen atoms in total. The first-order chi connectivity index (χ1) is 8.90. The lowest BCUT2D eigenvalue weighted by Crippen LogP contribution is -2.42. The smallest absolute Gasteiger partial charge is 0.335 e. The SMILES string of the molecule is CC(C)CN1C(=O)C(C)Sc2ccc(C(=O)O)cc21. The van der Waals surface area contributed by atoms with Gasteiger partial charge in [-0.15, -0.1) is 11.8 Å². The Morgan fingerprint density at radius 2 is 2.16 bits per heavy atom. The second-order valence-corrected chi connectivity index (χ2v) is 6.47. The van der Waals surface area contributed by atoms with E-state index in [-0.39, 0.29) is 16.7 Å². The van der Waals surface area contributed by atoms with Crippen LogP contribution in [0.2, 0.25) is 0 Å². The van der Waals surface area contributed by atoms with Crippen LogP contribution in [0.1, 0.15) is 31.1 Å². The minimum atomic E-state index is -0.969. The van der Waals surface area contributed by atoms with Crippen molar-refractivity contribution in [3.63, 3.8) is 0 Å². The van der Waals surface area contributed by atoms with Crippen LogP contribution in [0.25, 0.3) is 0 Å². The third-order valence-electron chi connectivity index (χ3n) is 2.96. The summed E-state index contributed by atoms with van der Waals surface area (Å²) in [6.45, 7) is 6.58. The fourth-order valence-corrected chi connectivity index (χ4v) is 3.14. The lowest BCUT2D eigenvalue weighted by Gasteiger charge is -2.33. The number of anilines is 1. The van der Waals surface area contributed by atoms with Crippen molar-refractivity contribution in [2.24, 2.45) is 5.92 Å². The maximum atomic E-state index is 12.3. The number of fused-ring (bicyclic) bond motifs is 1. The van der Waals surface area contributed by atoms with Crippen LogP contribution in [0.5, 0.6) is 0 Å². The first kappa shape index (κ1) is 13.9. The highest BCUT2D eigenvalue weighted by Crippen LogP contribution is 2.39. The number of aromatic carboxylic acids is 1. The van der Waals surface area contributed by atoms with Crippen molar-refractivity contribution in [2.45, 2.75) is 30.9 Å². The molecule has 1 N–H and O–H groups in total. The Morgan fingerprint density at radius 1 is 1.47 bits per heavy atom. The molecule has 2 rings (SSSR count). The second kappa shape index (κ2) is 5.25. The van der Waals surface area contributed by atoms with Crippen LogP contribution < -0.4 is 4.90 Å². The van der Waals surface area contributed by atoms with E-state index < -0.39 is 5.97 Å². The molecule has 1 aliphatic rings. The number of nitrogens with zero attached hydrogens (tertiary/aromatic N) is 1. The lowest BCUT2D eigenvalue weighted by atomic mass is 10.1. The number of hydrogen-bond acceptors (Lipinski definition) is 3. The number of carbonyl (C=O) groups is 2. The zero-order valence-electron chi connectivity index (χ0n) is 11.2. The van der Waals surface area contributed by atoms with Crippen LogP contribution in [0.3, 0.4) is 0 Å². The minimum Gasteiger partial charge on any atom is -0.478 e. The molecule has 0 saturated carbocycles. The van der Waals surface area contributed by atoms with Gasteiger partial charge in [0.05, 0.1) is 16.5 Å². The molecular formula is C14H17NO3S. The van der Waals surface area contributed by atoms with E-state index >= 15 is 0 Å². The normalized spacial score (nSPS) is 18.6. The molecule has 102 valence electrons. The van der Waals surface area contributed by atoms with E-state index in [1.165, 1.54) is 11.8 Å². The number of benzene rings is 1. The van der Waals surface area contributed by atoms with E-state index in [4.69, 9.17) is 5.11 Å². The molecule has 0 saturated heterocycles. The zero-order valence-corrected chi connectivity index (χ0v) is 12.0.